The van der Waals surface area contributed by atoms with Crippen molar-refractivity contribution in [3.05, 3.63) is 18.0 Å². The van der Waals surface area contributed by atoms with Crippen LogP contribution < -0.4 is 10.6 Å². The molecule has 1 saturated heterocycles. The Morgan fingerprint density at radius 2 is 2.08 bits per heavy atom. The quantitative estimate of drug-likeness (QED) is 0.780. The van der Waals surface area contributed by atoms with Crippen molar-refractivity contribution >= 4 is 6.09 Å². The van der Waals surface area contributed by atoms with E-state index in [2.05, 4.69) is 20.8 Å². The fourth-order valence-corrected chi connectivity index (χ4v) is 3.76. The van der Waals surface area contributed by atoms with Crippen LogP contribution in [0.5, 0.6) is 0 Å². The van der Waals surface area contributed by atoms with E-state index in [0.717, 1.165) is 38.3 Å². The highest BCUT2D eigenvalue weighted by Gasteiger charge is 2.41. The molecule has 24 heavy (non-hydrogen) atoms. The summed E-state index contributed by atoms with van der Waals surface area (Å²) in [7, 11) is 0. The Balaban J connectivity index is 1.54. The number of carbonyl (C=O) groups is 1. The SMILES string of the molecule is CC(C)(C)OC(=O)NC1C[C@H]2COC[C@@H](C1)C2NCc1ccn[nH]1. The topological polar surface area (TPSA) is 88.3 Å². The minimum atomic E-state index is -0.466. The highest BCUT2D eigenvalue weighted by atomic mass is 16.6. The van der Waals surface area contributed by atoms with Gasteiger partial charge in [0.1, 0.15) is 5.60 Å². The Labute approximate surface area is 142 Å². The molecule has 134 valence electrons. The maximum Gasteiger partial charge on any atom is 0.407 e. The second-order valence-electron chi connectivity index (χ2n) is 7.86. The Morgan fingerprint density at radius 1 is 1.38 bits per heavy atom. The number of amides is 1. The molecule has 1 aliphatic heterocycles. The van der Waals surface area contributed by atoms with Crippen molar-refractivity contribution in [2.24, 2.45) is 11.8 Å². The molecule has 0 radical (unpaired) electrons. The maximum absolute atomic E-state index is 12.0. The number of fused-ring (bicyclic) bond motifs is 2. The zero-order valence-electron chi connectivity index (χ0n) is 14.7. The number of rotatable bonds is 4. The fraction of sp³-hybridized carbons (Fsp3) is 0.765. The van der Waals surface area contributed by atoms with Gasteiger partial charge in [-0.3, -0.25) is 5.10 Å². The van der Waals surface area contributed by atoms with Crippen molar-refractivity contribution in [3.8, 4) is 0 Å². The van der Waals surface area contributed by atoms with Crippen LogP contribution in [-0.2, 0) is 16.0 Å². The van der Waals surface area contributed by atoms with Gasteiger partial charge in [0, 0.05) is 30.5 Å². The highest BCUT2D eigenvalue weighted by molar-refractivity contribution is 5.68. The Hall–Kier alpha value is -1.60. The number of hydrogen-bond donors (Lipinski definition) is 3. The van der Waals surface area contributed by atoms with Crippen molar-refractivity contribution in [2.75, 3.05) is 13.2 Å². The number of H-pyrrole nitrogens is 1. The summed E-state index contributed by atoms with van der Waals surface area (Å²) < 4.78 is 11.1. The minimum Gasteiger partial charge on any atom is -0.444 e. The molecule has 2 bridgehead atoms. The van der Waals surface area contributed by atoms with E-state index in [1.54, 1.807) is 6.20 Å². The third-order valence-electron chi connectivity index (χ3n) is 4.66. The van der Waals surface area contributed by atoms with E-state index in [1.807, 2.05) is 26.8 Å². The molecule has 4 atom stereocenters. The van der Waals surface area contributed by atoms with Gasteiger partial charge in [0.2, 0.25) is 0 Å². The van der Waals surface area contributed by atoms with Gasteiger partial charge < -0.3 is 20.1 Å². The van der Waals surface area contributed by atoms with Gasteiger partial charge in [-0.1, -0.05) is 0 Å². The molecule has 0 aromatic carbocycles. The first-order chi connectivity index (χ1) is 11.4. The largest absolute Gasteiger partial charge is 0.444 e. The Bertz CT molecular complexity index is 527. The lowest BCUT2D eigenvalue weighted by Gasteiger charge is -2.46. The predicted octanol–water partition coefficient (Wildman–Crippen LogP) is 1.82. The van der Waals surface area contributed by atoms with Crippen molar-refractivity contribution < 1.29 is 14.3 Å². The monoisotopic (exact) mass is 336 g/mol. The summed E-state index contributed by atoms with van der Waals surface area (Å²) in [4.78, 5) is 12.0. The molecule has 2 heterocycles. The molecule has 1 aromatic rings. The van der Waals surface area contributed by atoms with Crippen LogP contribution >= 0.6 is 0 Å². The molecule has 3 rings (SSSR count). The summed E-state index contributed by atoms with van der Waals surface area (Å²) in [6.45, 7) is 7.90. The Kier molecular flexibility index (Phi) is 5.10. The molecule has 2 unspecified atom stereocenters. The second kappa shape index (κ2) is 7.11. The number of nitrogens with one attached hydrogen (secondary N) is 3. The van der Waals surface area contributed by atoms with Crippen molar-refractivity contribution in [2.45, 2.75) is 57.8 Å². The maximum atomic E-state index is 12.0. The van der Waals surface area contributed by atoms with Crippen LogP contribution in [0.2, 0.25) is 0 Å². The van der Waals surface area contributed by atoms with E-state index in [9.17, 15) is 4.79 Å². The first kappa shape index (κ1) is 17.2. The number of ether oxygens (including phenoxy) is 2. The number of hydrogen-bond acceptors (Lipinski definition) is 5. The summed E-state index contributed by atoms with van der Waals surface area (Å²) in [6, 6.07) is 2.55. The number of carbonyl (C=O) groups excluding carboxylic acids is 1. The van der Waals surface area contributed by atoms with Crippen molar-refractivity contribution in [3.63, 3.8) is 0 Å². The first-order valence-electron chi connectivity index (χ1n) is 8.69. The summed E-state index contributed by atoms with van der Waals surface area (Å²) >= 11 is 0. The lowest BCUT2D eigenvalue weighted by atomic mass is 9.73. The first-order valence-corrected chi connectivity index (χ1v) is 8.69. The molecule has 2 fully saturated rings. The summed E-state index contributed by atoms with van der Waals surface area (Å²) in [6.07, 6.45) is 3.27. The molecule has 1 saturated carbocycles. The van der Waals surface area contributed by atoms with Crippen LogP contribution in [0.1, 0.15) is 39.3 Å². The van der Waals surface area contributed by atoms with Crippen LogP contribution in [0.15, 0.2) is 12.3 Å². The van der Waals surface area contributed by atoms with Crippen LogP contribution in [0.3, 0.4) is 0 Å². The van der Waals surface area contributed by atoms with Gasteiger partial charge in [0.05, 0.1) is 13.2 Å². The van der Waals surface area contributed by atoms with Gasteiger partial charge in [-0.2, -0.15) is 5.10 Å². The number of nitrogens with zero attached hydrogens (tertiary/aromatic N) is 1. The second-order valence-corrected chi connectivity index (χ2v) is 7.86. The molecular weight excluding hydrogens is 308 g/mol. The molecule has 2 aliphatic rings. The minimum absolute atomic E-state index is 0.156. The van der Waals surface area contributed by atoms with Crippen molar-refractivity contribution in [1.82, 2.24) is 20.8 Å². The number of alkyl carbamates (subject to hydrolysis) is 1. The van der Waals surface area contributed by atoms with Gasteiger partial charge in [-0.15, -0.1) is 0 Å². The zero-order valence-corrected chi connectivity index (χ0v) is 14.7. The third-order valence-corrected chi connectivity index (χ3v) is 4.66. The zero-order chi connectivity index (χ0) is 17.2. The van der Waals surface area contributed by atoms with Gasteiger partial charge in [-0.05, 0) is 51.5 Å². The van der Waals surface area contributed by atoms with Crippen LogP contribution in [0.25, 0.3) is 0 Å². The van der Waals surface area contributed by atoms with E-state index >= 15 is 0 Å². The smallest absolute Gasteiger partial charge is 0.407 e. The average molecular weight is 336 g/mol. The summed E-state index contributed by atoms with van der Waals surface area (Å²) in [5, 5.41) is 13.6. The molecule has 1 aromatic heterocycles. The lowest BCUT2D eigenvalue weighted by molar-refractivity contribution is -0.0465. The van der Waals surface area contributed by atoms with Gasteiger partial charge >= 0.3 is 6.09 Å². The molecular formula is C17H28N4O3. The van der Waals surface area contributed by atoms with Gasteiger partial charge in [-0.25, -0.2) is 4.79 Å². The average Bonchev–Trinajstić information content (AvgIpc) is 2.96. The van der Waals surface area contributed by atoms with Crippen LogP contribution in [0, 0.1) is 11.8 Å². The number of aromatic amines is 1. The molecule has 0 spiro atoms. The Morgan fingerprint density at radius 3 is 2.67 bits per heavy atom. The highest BCUT2D eigenvalue weighted by Crippen LogP contribution is 2.34. The van der Waals surface area contributed by atoms with Crippen LogP contribution in [0.4, 0.5) is 4.79 Å². The molecule has 7 heteroatoms. The molecule has 1 aliphatic carbocycles. The van der Waals surface area contributed by atoms with E-state index in [4.69, 9.17) is 9.47 Å². The molecule has 1 amide bonds. The fourth-order valence-electron chi connectivity index (χ4n) is 3.76. The van der Waals surface area contributed by atoms with Crippen molar-refractivity contribution in [1.29, 1.82) is 0 Å². The third kappa shape index (κ3) is 4.48. The standard InChI is InChI=1S/C17H28N4O3/c1-17(2,3)24-16(22)20-14-6-11-9-23-10-12(7-14)15(11)18-8-13-4-5-19-21-13/h4-5,11-12,14-15,18H,6-10H2,1-3H3,(H,19,21)(H,20,22)/t11-,12+,14?,15?. The van der Waals surface area contributed by atoms with E-state index < -0.39 is 5.60 Å². The predicted molar refractivity (Wildman–Crippen MR) is 89.4 cm³/mol. The van der Waals surface area contributed by atoms with Crippen LogP contribution in [-0.4, -0.2) is 47.2 Å². The van der Waals surface area contributed by atoms with E-state index in [0.29, 0.717) is 17.9 Å². The normalized spacial score (nSPS) is 30.0. The molecule has 7 nitrogen and oxygen atoms in total. The van der Waals surface area contributed by atoms with Gasteiger partial charge in [0.15, 0.2) is 0 Å². The molecule has 3 N–H and O–H groups in total. The summed E-state index contributed by atoms with van der Waals surface area (Å²) in [5.41, 5.74) is 0.620. The number of aromatic nitrogens is 2. The van der Waals surface area contributed by atoms with Gasteiger partial charge in [0.25, 0.3) is 0 Å². The van der Waals surface area contributed by atoms with E-state index in [-0.39, 0.29) is 12.1 Å². The lowest BCUT2D eigenvalue weighted by Crippen LogP contribution is -2.57. The summed E-state index contributed by atoms with van der Waals surface area (Å²) in [5.74, 6) is 0.806. The van der Waals surface area contributed by atoms with E-state index in [1.165, 1.54) is 0 Å².